The molecule has 2 heterocycles. The highest BCUT2D eigenvalue weighted by Gasteiger charge is 2.42. The van der Waals surface area contributed by atoms with E-state index >= 15 is 0 Å². The number of rotatable bonds is 22. The minimum atomic E-state index is -2.08. The van der Waals surface area contributed by atoms with E-state index in [9.17, 15) is 34.2 Å². The maximum Gasteiger partial charge on any atom is 0.258 e. The van der Waals surface area contributed by atoms with Gasteiger partial charge in [0.25, 0.3) is 5.91 Å². The number of H-pyrrole nitrogens is 1. The van der Waals surface area contributed by atoms with Crippen LogP contribution in [0.4, 0.5) is 0 Å². The van der Waals surface area contributed by atoms with Crippen molar-refractivity contribution in [1.29, 1.82) is 0 Å². The van der Waals surface area contributed by atoms with Crippen molar-refractivity contribution in [2.75, 3.05) is 6.61 Å². The van der Waals surface area contributed by atoms with E-state index in [4.69, 9.17) is 4.74 Å². The number of aliphatic hydroxyl groups excluding tert-OH is 2. The highest BCUT2D eigenvalue weighted by atomic mass is 16.5. The van der Waals surface area contributed by atoms with Gasteiger partial charge in [-0.15, -0.1) is 0 Å². The van der Waals surface area contributed by atoms with Gasteiger partial charge in [0.2, 0.25) is 17.7 Å². The predicted molar refractivity (Wildman–Crippen MR) is 200 cm³/mol. The van der Waals surface area contributed by atoms with E-state index in [0.717, 1.165) is 0 Å². The molecule has 54 heavy (non-hydrogen) atoms. The lowest BCUT2D eigenvalue weighted by Crippen LogP contribution is -2.58. The maximum atomic E-state index is 13.9. The topological polar surface area (TPSA) is 225 Å². The molecule has 3 rings (SSSR count). The first-order valence-corrected chi connectivity index (χ1v) is 18.3. The van der Waals surface area contributed by atoms with Gasteiger partial charge in [0, 0.05) is 24.5 Å². The summed E-state index contributed by atoms with van der Waals surface area (Å²) in [7, 11) is 0. The van der Waals surface area contributed by atoms with E-state index < -0.39 is 71.6 Å². The highest BCUT2D eigenvalue weighted by Crippen LogP contribution is 2.22. The first-order chi connectivity index (χ1) is 25.7. The maximum absolute atomic E-state index is 13.9. The van der Waals surface area contributed by atoms with Crippen LogP contribution in [0.1, 0.15) is 65.8 Å². The fraction of sp³-hybridized carbons (Fsp3) is 0.513. The van der Waals surface area contributed by atoms with Crippen molar-refractivity contribution in [1.82, 2.24) is 36.2 Å². The van der Waals surface area contributed by atoms with Crippen molar-refractivity contribution in [2.24, 2.45) is 23.7 Å². The number of aromatic nitrogens is 3. The predicted octanol–water partition coefficient (Wildman–Crippen LogP) is 1.85. The number of hydrogen-bond acceptors (Lipinski definition) is 10. The average molecular weight is 750 g/mol. The lowest BCUT2D eigenvalue weighted by Gasteiger charge is -2.33. The van der Waals surface area contributed by atoms with Gasteiger partial charge in [0.1, 0.15) is 23.9 Å². The molecule has 7 atom stereocenters. The van der Waals surface area contributed by atoms with Gasteiger partial charge >= 0.3 is 0 Å². The summed E-state index contributed by atoms with van der Waals surface area (Å²) in [5.74, 6) is -5.22. The number of nitrogens with zero attached hydrogens (tertiary/aromatic N) is 2. The number of carbonyl (C=O) groups excluding carboxylic acids is 5. The molecule has 2 unspecified atom stereocenters. The molecular formula is C39H55N7O8. The Morgan fingerprint density at radius 2 is 1.56 bits per heavy atom. The molecule has 2 aromatic heterocycles. The van der Waals surface area contributed by atoms with Crippen LogP contribution in [0.3, 0.4) is 0 Å². The van der Waals surface area contributed by atoms with Crippen LogP contribution >= 0.6 is 0 Å². The molecular weight excluding hydrogens is 694 g/mol. The van der Waals surface area contributed by atoms with E-state index in [1.807, 2.05) is 27.7 Å². The minimum Gasteiger partial charge on any atom is -0.484 e. The number of amides is 4. The molecule has 0 saturated heterocycles. The highest BCUT2D eigenvalue weighted by molar-refractivity contribution is 5.96. The van der Waals surface area contributed by atoms with Gasteiger partial charge in [0.15, 0.2) is 12.4 Å². The summed E-state index contributed by atoms with van der Waals surface area (Å²) in [5, 5.41) is 33.6. The smallest absolute Gasteiger partial charge is 0.258 e. The van der Waals surface area contributed by atoms with Gasteiger partial charge in [-0.05, 0) is 48.4 Å². The molecule has 15 heteroatoms. The number of imidazole rings is 1. The van der Waals surface area contributed by atoms with Crippen molar-refractivity contribution in [3.8, 4) is 5.75 Å². The standard InChI is InChI=1S/C39H55N7O8/c1-7-25(6)33(39(53)42-20-26-13-11-12-16-41-26)46-38(52)32(24(4)5)35(49)36(50)34(48)29(17-23(2)3)45-37(51)30(18-27-19-40-22-43-27)44-31(47)21-54-28-14-9-8-10-15-28/h8-16,19,22-25,29-30,32-33,35-36,49-50H,7,17-18,20-21H2,1-6H3,(H,40,43)(H,42,53)(H,44,47)(H,45,51)(H,46,52)/t25?,29-,30-,32+,33?,35+,36+/m0/s1. The van der Waals surface area contributed by atoms with Crippen LogP contribution in [0.15, 0.2) is 67.3 Å². The van der Waals surface area contributed by atoms with Crippen molar-refractivity contribution in [3.63, 3.8) is 0 Å². The van der Waals surface area contributed by atoms with Gasteiger partial charge in [-0.25, -0.2) is 4.98 Å². The van der Waals surface area contributed by atoms with Crippen LogP contribution in [-0.4, -0.2) is 91.5 Å². The zero-order valence-corrected chi connectivity index (χ0v) is 31.8. The van der Waals surface area contributed by atoms with Crippen LogP contribution in [0.25, 0.3) is 0 Å². The monoisotopic (exact) mass is 749 g/mol. The molecule has 3 aromatic rings. The number of hydrogen-bond donors (Lipinski definition) is 7. The second-order valence-corrected chi connectivity index (χ2v) is 14.2. The number of benzene rings is 1. The van der Waals surface area contributed by atoms with Crippen LogP contribution in [0.5, 0.6) is 5.75 Å². The fourth-order valence-corrected chi connectivity index (χ4v) is 5.88. The van der Waals surface area contributed by atoms with Gasteiger partial charge in [0.05, 0.1) is 36.6 Å². The molecule has 0 fully saturated rings. The minimum absolute atomic E-state index is 0.000932. The Labute approximate surface area is 316 Å². The van der Waals surface area contributed by atoms with Crippen LogP contribution < -0.4 is 26.0 Å². The second-order valence-electron chi connectivity index (χ2n) is 14.2. The summed E-state index contributed by atoms with van der Waals surface area (Å²) < 4.78 is 5.52. The fourth-order valence-electron chi connectivity index (χ4n) is 5.88. The molecule has 0 aliphatic carbocycles. The van der Waals surface area contributed by atoms with Crippen LogP contribution in [0, 0.1) is 23.7 Å². The Morgan fingerprint density at radius 1 is 0.852 bits per heavy atom. The quantitative estimate of drug-likeness (QED) is 0.0790. The molecule has 294 valence electrons. The number of para-hydroxylation sites is 1. The number of carbonyl (C=O) groups is 5. The van der Waals surface area contributed by atoms with Crippen LogP contribution in [-0.2, 0) is 36.9 Å². The molecule has 0 bridgehead atoms. The molecule has 1 aromatic carbocycles. The number of ketones is 1. The number of nitrogens with one attached hydrogen (secondary N) is 5. The zero-order chi connectivity index (χ0) is 39.8. The average Bonchev–Trinajstić information content (AvgIpc) is 3.67. The third-order valence-electron chi connectivity index (χ3n) is 9.08. The summed E-state index contributed by atoms with van der Waals surface area (Å²) in [4.78, 5) is 78.6. The first-order valence-electron chi connectivity index (χ1n) is 18.3. The second kappa shape index (κ2) is 21.5. The van der Waals surface area contributed by atoms with E-state index in [-0.39, 0.29) is 37.8 Å². The van der Waals surface area contributed by atoms with E-state index in [1.54, 1.807) is 68.6 Å². The zero-order valence-electron chi connectivity index (χ0n) is 31.8. The number of pyridine rings is 1. The number of aliphatic hydroxyl groups is 2. The Kier molecular flexibility index (Phi) is 17.2. The molecule has 0 aliphatic rings. The normalized spacial score (nSPS) is 15.2. The molecule has 0 spiro atoms. The van der Waals surface area contributed by atoms with Crippen molar-refractivity contribution in [3.05, 3.63) is 78.6 Å². The lowest BCUT2D eigenvalue weighted by atomic mass is 9.83. The summed E-state index contributed by atoms with van der Waals surface area (Å²) in [6.07, 6.45) is 1.21. The third-order valence-corrected chi connectivity index (χ3v) is 9.08. The van der Waals surface area contributed by atoms with Gasteiger partial charge < -0.3 is 41.2 Å². The summed E-state index contributed by atoms with van der Waals surface area (Å²) >= 11 is 0. The Hall–Kier alpha value is -5.15. The van der Waals surface area contributed by atoms with Crippen molar-refractivity contribution in [2.45, 2.75) is 97.7 Å². The first kappa shape index (κ1) is 43.3. The lowest BCUT2D eigenvalue weighted by molar-refractivity contribution is -0.147. The van der Waals surface area contributed by atoms with E-state index in [1.165, 1.54) is 12.5 Å². The molecule has 7 N–H and O–H groups in total. The number of aromatic amines is 1. The summed E-state index contributed by atoms with van der Waals surface area (Å²) in [6.45, 7) is 10.4. The van der Waals surface area contributed by atoms with E-state index in [0.29, 0.717) is 23.6 Å². The van der Waals surface area contributed by atoms with Gasteiger partial charge in [-0.2, -0.15) is 0 Å². The van der Waals surface area contributed by atoms with E-state index in [2.05, 4.69) is 36.2 Å². The Balaban J connectivity index is 1.75. The molecule has 4 amide bonds. The van der Waals surface area contributed by atoms with Crippen molar-refractivity contribution >= 4 is 29.4 Å². The third kappa shape index (κ3) is 13.4. The Morgan fingerprint density at radius 3 is 2.15 bits per heavy atom. The summed E-state index contributed by atoms with van der Waals surface area (Å²) in [6, 6.07) is 10.6. The molecule has 0 radical (unpaired) electrons. The Bertz CT molecular complexity index is 1620. The molecule has 15 nitrogen and oxygen atoms in total. The van der Waals surface area contributed by atoms with Crippen molar-refractivity contribution < 1.29 is 38.9 Å². The summed E-state index contributed by atoms with van der Waals surface area (Å²) in [5.41, 5.74) is 1.17. The largest absolute Gasteiger partial charge is 0.484 e. The SMILES string of the molecule is CCC(C)C(NC(=O)[C@H](C(C)C)[C@@H](O)[C@H](O)C(=O)[C@H](CC(C)C)NC(=O)[C@H](Cc1cnc[nH]1)NC(=O)COc1ccccc1)C(=O)NCc1ccccn1. The number of Topliss-reactive ketones (excluding diaryl/α,β-unsaturated/α-hetero) is 1. The molecule has 0 saturated carbocycles. The van der Waals surface area contributed by atoms with Crippen LogP contribution in [0.2, 0.25) is 0 Å². The number of ether oxygens (including phenoxy) is 1. The van der Waals surface area contributed by atoms with Gasteiger partial charge in [-0.1, -0.05) is 72.2 Å². The molecule has 0 aliphatic heterocycles. The van der Waals surface area contributed by atoms with Gasteiger partial charge in [-0.3, -0.25) is 29.0 Å².